The molecule has 0 aromatic heterocycles. The molecule has 176 valence electrons. The average Bonchev–Trinajstić information content (AvgIpc) is 2.74. The average molecular weight is 436 g/mol. The molecule has 2 rings (SSSR count). The zero-order valence-electron chi connectivity index (χ0n) is 20.1. The Hall–Kier alpha value is -1.83. The molecule has 0 saturated heterocycles. The number of carbonyl (C=O) groups is 1. The maximum absolute atomic E-state index is 13.8. The van der Waals surface area contributed by atoms with E-state index in [1.165, 1.54) is 0 Å². The topological polar surface area (TPSA) is 74.3 Å². The number of ether oxygens (including phenoxy) is 2. The highest BCUT2D eigenvalue weighted by molar-refractivity contribution is 5.98. The number of benzene rings is 1. The molecule has 7 heteroatoms. The van der Waals surface area contributed by atoms with Crippen molar-refractivity contribution in [1.29, 1.82) is 0 Å². The fraction of sp³-hybridized carbons (Fsp3) is 0.708. The summed E-state index contributed by atoms with van der Waals surface area (Å²) in [7, 11) is 5.82. The number of likely N-dealkylation sites (N-methyl/N-ethyl adjacent to an activating group) is 1. The van der Waals surface area contributed by atoms with Crippen LogP contribution in [-0.2, 0) is 4.74 Å². The smallest absolute Gasteiger partial charge is 0.258 e. The lowest BCUT2D eigenvalue weighted by Crippen LogP contribution is -2.47. The van der Waals surface area contributed by atoms with Crippen LogP contribution in [0.1, 0.15) is 50.4 Å². The summed E-state index contributed by atoms with van der Waals surface area (Å²) < 4.78 is 12.4. The molecule has 0 fully saturated rings. The number of aliphatic hydroxyl groups excluding tert-OH is 1. The lowest BCUT2D eigenvalue weighted by molar-refractivity contribution is -0.000449. The molecular weight excluding hydrogens is 394 g/mol. The van der Waals surface area contributed by atoms with Crippen molar-refractivity contribution in [3.8, 4) is 5.75 Å². The normalized spacial score (nSPS) is 24.7. The minimum Gasteiger partial charge on any atom is -0.490 e. The number of rotatable bonds is 5. The van der Waals surface area contributed by atoms with Gasteiger partial charge in [-0.2, -0.15) is 0 Å². The van der Waals surface area contributed by atoms with Crippen molar-refractivity contribution < 1.29 is 19.4 Å². The van der Waals surface area contributed by atoms with Gasteiger partial charge >= 0.3 is 0 Å². The number of hydrogen-bond acceptors (Lipinski definition) is 6. The van der Waals surface area contributed by atoms with E-state index >= 15 is 0 Å². The van der Waals surface area contributed by atoms with Crippen LogP contribution in [0.5, 0.6) is 5.75 Å². The molecule has 1 aromatic carbocycles. The summed E-state index contributed by atoms with van der Waals surface area (Å²) in [6.45, 7) is 7.83. The highest BCUT2D eigenvalue weighted by Crippen LogP contribution is 2.29. The number of carbonyl (C=O) groups excluding carboxylic acids is 1. The van der Waals surface area contributed by atoms with E-state index in [4.69, 9.17) is 9.47 Å². The lowest BCUT2D eigenvalue weighted by Gasteiger charge is -2.34. The number of nitrogens with zero attached hydrogens (tertiary/aromatic N) is 2. The van der Waals surface area contributed by atoms with Gasteiger partial charge in [0.05, 0.1) is 30.4 Å². The van der Waals surface area contributed by atoms with Gasteiger partial charge in [0.2, 0.25) is 0 Å². The number of nitrogens with one attached hydrogen (secondary N) is 1. The molecule has 1 aliphatic heterocycles. The highest BCUT2D eigenvalue weighted by atomic mass is 16.5. The number of hydrogen-bond donors (Lipinski definition) is 2. The van der Waals surface area contributed by atoms with E-state index in [9.17, 15) is 9.90 Å². The molecule has 7 nitrogen and oxygen atoms in total. The van der Waals surface area contributed by atoms with Gasteiger partial charge in [-0.3, -0.25) is 4.79 Å². The van der Waals surface area contributed by atoms with E-state index in [0.29, 0.717) is 24.5 Å². The van der Waals surface area contributed by atoms with Gasteiger partial charge in [0.25, 0.3) is 5.91 Å². The van der Waals surface area contributed by atoms with Crippen LogP contribution in [0, 0.1) is 5.92 Å². The summed E-state index contributed by atoms with van der Waals surface area (Å²) in [4.78, 5) is 17.5. The third-order valence-electron chi connectivity index (χ3n) is 5.96. The second-order valence-electron chi connectivity index (χ2n) is 8.93. The third kappa shape index (κ3) is 7.09. The first-order chi connectivity index (χ1) is 14.8. The molecule has 0 unspecified atom stereocenters. The minimum atomic E-state index is -0.314. The largest absolute Gasteiger partial charge is 0.490 e. The molecule has 0 bridgehead atoms. The van der Waals surface area contributed by atoms with Gasteiger partial charge in [-0.15, -0.1) is 0 Å². The van der Waals surface area contributed by atoms with Crippen LogP contribution in [0.15, 0.2) is 18.2 Å². The van der Waals surface area contributed by atoms with E-state index in [1.807, 2.05) is 58.1 Å². The summed E-state index contributed by atoms with van der Waals surface area (Å²) in [5.41, 5.74) is 1.47. The maximum atomic E-state index is 13.8. The Kier molecular flexibility index (Phi) is 10.1. The molecule has 1 amide bonds. The Bertz CT molecular complexity index is 697. The minimum absolute atomic E-state index is 0.00422. The second-order valence-corrected chi connectivity index (χ2v) is 8.93. The zero-order chi connectivity index (χ0) is 23.0. The van der Waals surface area contributed by atoms with Gasteiger partial charge in [-0.1, -0.05) is 6.92 Å². The fourth-order valence-electron chi connectivity index (χ4n) is 3.88. The summed E-state index contributed by atoms with van der Waals surface area (Å²) in [5, 5.41) is 13.1. The van der Waals surface area contributed by atoms with Crippen molar-refractivity contribution in [2.75, 3.05) is 52.3 Å². The van der Waals surface area contributed by atoms with Gasteiger partial charge in [-0.25, -0.2) is 0 Å². The first-order valence-electron chi connectivity index (χ1n) is 11.4. The van der Waals surface area contributed by atoms with Crippen molar-refractivity contribution in [1.82, 2.24) is 10.2 Å². The van der Waals surface area contributed by atoms with Crippen LogP contribution < -0.4 is 15.0 Å². The summed E-state index contributed by atoms with van der Waals surface area (Å²) in [5.74, 6) is 0.583. The third-order valence-corrected chi connectivity index (χ3v) is 5.96. The second kappa shape index (κ2) is 12.3. The molecular formula is C24H41N3O4. The van der Waals surface area contributed by atoms with E-state index in [1.54, 1.807) is 4.90 Å². The van der Waals surface area contributed by atoms with Crippen molar-refractivity contribution >= 4 is 11.6 Å². The van der Waals surface area contributed by atoms with Gasteiger partial charge in [0.1, 0.15) is 5.75 Å². The Labute approximate surface area is 187 Å². The molecule has 0 radical (unpaired) electrons. The summed E-state index contributed by atoms with van der Waals surface area (Å²) >= 11 is 0. The highest BCUT2D eigenvalue weighted by Gasteiger charge is 2.29. The first kappa shape index (κ1) is 25.4. The molecule has 0 saturated carbocycles. The SMILES string of the molecule is CNC[C@@H]1OCCCC[C@H](C)Oc2ccc(N(C)C)cc2C(=O)N([C@H](C)CO)C[C@H]1C. The summed E-state index contributed by atoms with van der Waals surface area (Å²) in [6.07, 6.45) is 2.87. The van der Waals surface area contributed by atoms with Gasteiger partial charge in [0, 0.05) is 45.4 Å². The van der Waals surface area contributed by atoms with E-state index in [0.717, 1.165) is 31.5 Å². The predicted octanol–water partition coefficient (Wildman–Crippen LogP) is 2.77. The number of aliphatic hydroxyl groups is 1. The Morgan fingerprint density at radius 3 is 2.68 bits per heavy atom. The van der Waals surface area contributed by atoms with E-state index < -0.39 is 0 Å². The van der Waals surface area contributed by atoms with Gasteiger partial charge < -0.3 is 29.7 Å². The van der Waals surface area contributed by atoms with Crippen LogP contribution in [-0.4, -0.2) is 81.6 Å². The predicted molar refractivity (Wildman–Crippen MR) is 125 cm³/mol. The number of fused-ring (bicyclic) bond motifs is 1. The summed E-state index contributed by atoms with van der Waals surface area (Å²) in [6, 6.07) is 5.44. The Balaban J connectivity index is 2.47. The van der Waals surface area contributed by atoms with Crippen LogP contribution in [0.25, 0.3) is 0 Å². The number of anilines is 1. The van der Waals surface area contributed by atoms with Gasteiger partial charge in [0.15, 0.2) is 0 Å². The fourth-order valence-corrected chi connectivity index (χ4v) is 3.88. The monoisotopic (exact) mass is 435 g/mol. The number of amides is 1. The Morgan fingerprint density at radius 1 is 1.29 bits per heavy atom. The molecule has 1 aromatic rings. The van der Waals surface area contributed by atoms with Crippen LogP contribution >= 0.6 is 0 Å². The molecule has 2 N–H and O–H groups in total. The maximum Gasteiger partial charge on any atom is 0.258 e. The van der Waals surface area contributed by atoms with Crippen LogP contribution in [0.2, 0.25) is 0 Å². The Morgan fingerprint density at radius 2 is 2.03 bits per heavy atom. The lowest BCUT2D eigenvalue weighted by atomic mass is 10.0. The molecule has 1 heterocycles. The standard InChI is InChI=1S/C24H41N3O4/c1-17-15-27(18(2)16-28)24(29)21-13-20(26(5)6)10-11-22(21)31-19(3)9-7-8-12-30-23(17)14-25-4/h10-11,13,17-19,23,25,28H,7-9,12,14-16H2,1-6H3/t17-,18-,19+,23+/m1/s1. The molecule has 1 aliphatic rings. The van der Waals surface area contributed by atoms with E-state index in [2.05, 4.69) is 12.2 Å². The van der Waals surface area contributed by atoms with Crippen LogP contribution in [0.3, 0.4) is 0 Å². The molecule has 0 aliphatic carbocycles. The van der Waals surface area contributed by atoms with Crippen molar-refractivity contribution in [2.45, 2.75) is 58.3 Å². The quantitative estimate of drug-likeness (QED) is 0.741. The zero-order valence-corrected chi connectivity index (χ0v) is 20.1. The molecule has 0 spiro atoms. The van der Waals surface area contributed by atoms with Crippen molar-refractivity contribution in [3.05, 3.63) is 23.8 Å². The van der Waals surface area contributed by atoms with Crippen LogP contribution in [0.4, 0.5) is 5.69 Å². The van der Waals surface area contributed by atoms with Crippen molar-refractivity contribution in [2.24, 2.45) is 5.92 Å². The first-order valence-corrected chi connectivity index (χ1v) is 11.4. The van der Waals surface area contributed by atoms with E-state index in [-0.39, 0.29) is 36.7 Å². The van der Waals surface area contributed by atoms with Gasteiger partial charge in [-0.05, 0) is 58.4 Å². The molecule has 31 heavy (non-hydrogen) atoms. The molecule has 4 atom stereocenters. The van der Waals surface area contributed by atoms with Crippen molar-refractivity contribution in [3.63, 3.8) is 0 Å².